The molecule has 1 saturated carbocycles. The molecule has 106 valence electrons. The maximum absolute atomic E-state index is 9.51. The Bertz CT molecular complexity index is 392. The van der Waals surface area contributed by atoms with Crippen molar-refractivity contribution in [3.05, 3.63) is 29.8 Å². The van der Waals surface area contributed by atoms with Crippen LogP contribution in [-0.4, -0.2) is 23.9 Å². The summed E-state index contributed by atoms with van der Waals surface area (Å²) in [6, 6.07) is 8.18. The number of nitrogens with one attached hydrogen (secondary N) is 1. The number of ether oxygens (including phenoxy) is 1. The molecule has 1 fully saturated rings. The fraction of sp³-hybridized carbons (Fsp3) is 0.625. The van der Waals surface area contributed by atoms with E-state index < -0.39 is 0 Å². The third kappa shape index (κ3) is 4.51. The third-order valence-corrected chi connectivity index (χ3v) is 3.60. The first-order chi connectivity index (χ1) is 9.15. The zero-order chi connectivity index (χ0) is 13.7. The predicted octanol–water partition coefficient (Wildman–Crippen LogP) is 2.72. The second-order valence-corrected chi connectivity index (χ2v) is 5.74. The molecule has 2 unspecified atom stereocenters. The van der Waals surface area contributed by atoms with E-state index in [-0.39, 0.29) is 12.2 Å². The van der Waals surface area contributed by atoms with Crippen LogP contribution in [0.15, 0.2) is 24.3 Å². The molecular formula is C16H25NO2. The summed E-state index contributed by atoms with van der Waals surface area (Å²) in [6.45, 7) is 5.90. The van der Waals surface area contributed by atoms with E-state index in [0.29, 0.717) is 5.92 Å². The van der Waals surface area contributed by atoms with Gasteiger partial charge >= 0.3 is 0 Å². The van der Waals surface area contributed by atoms with Crippen LogP contribution in [0, 0.1) is 5.92 Å². The van der Waals surface area contributed by atoms with Gasteiger partial charge in [-0.1, -0.05) is 18.2 Å². The first kappa shape index (κ1) is 14.4. The van der Waals surface area contributed by atoms with E-state index in [4.69, 9.17) is 4.74 Å². The molecule has 1 aromatic rings. The van der Waals surface area contributed by atoms with Crippen LogP contribution < -0.4 is 10.1 Å². The molecule has 1 aliphatic carbocycles. The van der Waals surface area contributed by atoms with Crippen molar-refractivity contribution in [1.82, 2.24) is 5.32 Å². The summed E-state index contributed by atoms with van der Waals surface area (Å²) in [4.78, 5) is 0. The van der Waals surface area contributed by atoms with E-state index >= 15 is 0 Å². The van der Waals surface area contributed by atoms with Crippen LogP contribution in [0.5, 0.6) is 5.75 Å². The minimum Gasteiger partial charge on any atom is -0.491 e. The first-order valence-corrected chi connectivity index (χ1v) is 7.28. The zero-order valence-corrected chi connectivity index (χ0v) is 11.9. The molecule has 0 amide bonds. The Morgan fingerprint density at radius 1 is 1.32 bits per heavy atom. The monoisotopic (exact) mass is 263 g/mol. The van der Waals surface area contributed by atoms with Gasteiger partial charge in [0.05, 0.1) is 12.2 Å². The molecule has 1 aromatic carbocycles. The largest absolute Gasteiger partial charge is 0.491 e. The standard InChI is InChI=1S/C16H25NO2/c1-12(2)19-16-6-4-3-5-14(16)11-17-10-13-7-8-15(18)9-13/h3-6,12-13,15,17-18H,7-11H2,1-2H3. The molecule has 0 aromatic heterocycles. The lowest BCUT2D eigenvalue weighted by Crippen LogP contribution is -2.22. The van der Waals surface area contributed by atoms with Crippen LogP contribution in [0.3, 0.4) is 0 Å². The number of rotatable bonds is 6. The Labute approximate surface area is 116 Å². The Kier molecular flexibility index (Phi) is 5.23. The summed E-state index contributed by atoms with van der Waals surface area (Å²) in [5, 5.41) is 13.0. The Morgan fingerprint density at radius 2 is 2.11 bits per heavy atom. The lowest BCUT2D eigenvalue weighted by Gasteiger charge is -2.16. The summed E-state index contributed by atoms with van der Waals surface area (Å²) >= 11 is 0. The van der Waals surface area contributed by atoms with E-state index in [1.54, 1.807) is 0 Å². The molecular weight excluding hydrogens is 238 g/mol. The highest BCUT2D eigenvalue weighted by molar-refractivity contribution is 5.33. The average Bonchev–Trinajstić information content (AvgIpc) is 2.77. The predicted molar refractivity (Wildman–Crippen MR) is 77.3 cm³/mol. The highest BCUT2D eigenvalue weighted by Crippen LogP contribution is 2.25. The fourth-order valence-corrected chi connectivity index (χ4v) is 2.66. The summed E-state index contributed by atoms with van der Waals surface area (Å²) in [5.74, 6) is 1.59. The minimum atomic E-state index is -0.0802. The van der Waals surface area contributed by atoms with Crippen molar-refractivity contribution in [1.29, 1.82) is 0 Å². The van der Waals surface area contributed by atoms with Crippen molar-refractivity contribution in [2.24, 2.45) is 5.92 Å². The number of aliphatic hydroxyl groups excluding tert-OH is 1. The van der Waals surface area contributed by atoms with Gasteiger partial charge < -0.3 is 15.2 Å². The van der Waals surface area contributed by atoms with E-state index in [2.05, 4.69) is 11.4 Å². The second kappa shape index (κ2) is 6.92. The molecule has 0 aliphatic heterocycles. The molecule has 2 atom stereocenters. The number of benzene rings is 1. The first-order valence-electron chi connectivity index (χ1n) is 7.28. The van der Waals surface area contributed by atoms with E-state index in [1.807, 2.05) is 32.0 Å². The van der Waals surface area contributed by atoms with Crippen molar-refractivity contribution < 1.29 is 9.84 Å². The maximum Gasteiger partial charge on any atom is 0.124 e. The summed E-state index contributed by atoms with van der Waals surface area (Å²) in [6.07, 6.45) is 3.16. The van der Waals surface area contributed by atoms with Crippen molar-refractivity contribution in [3.63, 3.8) is 0 Å². The van der Waals surface area contributed by atoms with Crippen LogP contribution in [0.4, 0.5) is 0 Å². The lowest BCUT2D eigenvalue weighted by molar-refractivity contribution is 0.177. The highest BCUT2D eigenvalue weighted by atomic mass is 16.5. The molecule has 19 heavy (non-hydrogen) atoms. The SMILES string of the molecule is CC(C)Oc1ccccc1CNCC1CCC(O)C1. The maximum atomic E-state index is 9.51. The van der Waals surface area contributed by atoms with Gasteiger partial charge in [-0.2, -0.15) is 0 Å². The minimum absolute atomic E-state index is 0.0802. The molecule has 3 heteroatoms. The van der Waals surface area contributed by atoms with Gasteiger partial charge in [0, 0.05) is 12.1 Å². The zero-order valence-electron chi connectivity index (χ0n) is 11.9. The molecule has 0 radical (unpaired) electrons. The molecule has 3 nitrogen and oxygen atoms in total. The van der Waals surface area contributed by atoms with E-state index in [9.17, 15) is 5.11 Å². The van der Waals surface area contributed by atoms with Gasteiger partial charge in [-0.3, -0.25) is 0 Å². The number of para-hydroxylation sites is 1. The van der Waals surface area contributed by atoms with E-state index in [0.717, 1.165) is 38.1 Å². The van der Waals surface area contributed by atoms with E-state index in [1.165, 1.54) is 5.56 Å². The van der Waals surface area contributed by atoms with Gasteiger partial charge in [0.1, 0.15) is 5.75 Å². The summed E-state index contributed by atoms with van der Waals surface area (Å²) in [7, 11) is 0. The van der Waals surface area contributed by atoms with Crippen LogP contribution >= 0.6 is 0 Å². The van der Waals surface area contributed by atoms with Crippen LogP contribution in [0.25, 0.3) is 0 Å². The molecule has 2 N–H and O–H groups in total. The van der Waals surface area contributed by atoms with Crippen LogP contribution in [-0.2, 0) is 6.54 Å². The number of hydrogen-bond donors (Lipinski definition) is 2. The Morgan fingerprint density at radius 3 is 2.79 bits per heavy atom. The topological polar surface area (TPSA) is 41.5 Å². The van der Waals surface area contributed by atoms with Crippen LogP contribution in [0.2, 0.25) is 0 Å². The van der Waals surface area contributed by atoms with Crippen molar-refractivity contribution >= 4 is 0 Å². The normalized spacial score (nSPS) is 22.9. The molecule has 0 saturated heterocycles. The molecule has 0 heterocycles. The van der Waals surface area contributed by atoms with Gasteiger partial charge in [-0.25, -0.2) is 0 Å². The fourth-order valence-electron chi connectivity index (χ4n) is 2.66. The van der Waals surface area contributed by atoms with Gasteiger partial charge in [0.15, 0.2) is 0 Å². The third-order valence-electron chi connectivity index (χ3n) is 3.60. The average molecular weight is 263 g/mol. The molecule has 0 spiro atoms. The van der Waals surface area contributed by atoms with Crippen LogP contribution in [0.1, 0.15) is 38.7 Å². The molecule has 2 rings (SSSR count). The van der Waals surface area contributed by atoms with Gasteiger partial charge in [0.2, 0.25) is 0 Å². The Hall–Kier alpha value is -1.06. The van der Waals surface area contributed by atoms with Gasteiger partial charge in [-0.15, -0.1) is 0 Å². The van der Waals surface area contributed by atoms with Crippen molar-refractivity contribution in [2.75, 3.05) is 6.54 Å². The quantitative estimate of drug-likeness (QED) is 0.829. The Balaban J connectivity index is 1.82. The number of hydrogen-bond acceptors (Lipinski definition) is 3. The van der Waals surface area contributed by atoms with Crippen molar-refractivity contribution in [2.45, 2.75) is 51.9 Å². The van der Waals surface area contributed by atoms with Crippen molar-refractivity contribution in [3.8, 4) is 5.75 Å². The molecule has 1 aliphatic rings. The second-order valence-electron chi connectivity index (χ2n) is 5.74. The highest BCUT2D eigenvalue weighted by Gasteiger charge is 2.22. The van der Waals surface area contributed by atoms with Gasteiger partial charge in [0.25, 0.3) is 0 Å². The smallest absolute Gasteiger partial charge is 0.124 e. The summed E-state index contributed by atoms with van der Waals surface area (Å²) in [5.41, 5.74) is 1.20. The summed E-state index contributed by atoms with van der Waals surface area (Å²) < 4.78 is 5.80. The molecule has 0 bridgehead atoms. The number of aliphatic hydroxyl groups is 1. The van der Waals surface area contributed by atoms with Gasteiger partial charge in [-0.05, 0) is 51.6 Å². The lowest BCUT2D eigenvalue weighted by atomic mass is 10.1.